The van der Waals surface area contributed by atoms with E-state index in [2.05, 4.69) is 12.1 Å². The van der Waals surface area contributed by atoms with Gasteiger partial charge in [0.2, 0.25) is 0 Å². The third kappa shape index (κ3) is 4.31. The Morgan fingerprint density at radius 1 is 0.462 bits per heavy atom. The molecule has 0 atom stereocenters. The standard InChI is InChI=1S/C13H10O.C11H8O/c14-10-11-6-8-13(9-7-11)12-4-2-1-3-5-12;12-8-9-5-6-10-3-1-2-4-11(10)7-9/h1-10H;1-8H. The highest BCUT2D eigenvalue weighted by Crippen LogP contribution is 2.18. The summed E-state index contributed by atoms with van der Waals surface area (Å²) in [7, 11) is 0. The first-order chi connectivity index (χ1) is 12.8. The second-order valence-electron chi connectivity index (χ2n) is 5.83. The molecule has 0 heterocycles. The predicted molar refractivity (Wildman–Crippen MR) is 107 cm³/mol. The van der Waals surface area contributed by atoms with E-state index in [-0.39, 0.29) is 0 Å². The minimum Gasteiger partial charge on any atom is -0.298 e. The van der Waals surface area contributed by atoms with Crippen LogP contribution < -0.4 is 0 Å². The van der Waals surface area contributed by atoms with Gasteiger partial charge in [0.1, 0.15) is 12.6 Å². The van der Waals surface area contributed by atoms with Crippen molar-refractivity contribution in [1.82, 2.24) is 0 Å². The highest BCUT2D eigenvalue weighted by Gasteiger charge is 1.95. The number of hydrogen-bond donors (Lipinski definition) is 0. The van der Waals surface area contributed by atoms with Crippen LogP contribution in [-0.4, -0.2) is 12.6 Å². The van der Waals surface area contributed by atoms with Crippen LogP contribution >= 0.6 is 0 Å². The summed E-state index contributed by atoms with van der Waals surface area (Å²) in [5.74, 6) is 0. The van der Waals surface area contributed by atoms with E-state index < -0.39 is 0 Å². The molecule has 0 unspecified atom stereocenters. The average Bonchev–Trinajstić information content (AvgIpc) is 2.74. The number of benzene rings is 4. The van der Waals surface area contributed by atoms with Gasteiger partial charge in [0.15, 0.2) is 0 Å². The molecule has 26 heavy (non-hydrogen) atoms. The molecule has 0 spiro atoms. The van der Waals surface area contributed by atoms with E-state index in [4.69, 9.17) is 0 Å². The zero-order valence-electron chi connectivity index (χ0n) is 14.2. The molecule has 2 heteroatoms. The maximum Gasteiger partial charge on any atom is 0.150 e. The maximum atomic E-state index is 10.5. The van der Waals surface area contributed by atoms with Crippen LogP contribution in [0, 0.1) is 0 Å². The van der Waals surface area contributed by atoms with Gasteiger partial charge in [-0.2, -0.15) is 0 Å². The number of carbonyl (C=O) groups excluding carboxylic acids is 2. The van der Waals surface area contributed by atoms with Crippen LogP contribution in [0.2, 0.25) is 0 Å². The van der Waals surface area contributed by atoms with Gasteiger partial charge >= 0.3 is 0 Å². The fourth-order valence-electron chi connectivity index (χ4n) is 2.67. The van der Waals surface area contributed by atoms with Crippen molar-refractivity contribution in [3.05, 3.63) is 108 Å². The molecule has 126 valence electrons. The SMILES string of the molecule is O=Cc1ccc(-c2ccccc2)cc1.O=Cc1ccc2ccccc2c1. The van der Waals surface area contributed by atoms with Gasteiger partial charge < -0.3 is 0 Å². The van der Waals surface area contributed by atoms with Gasteiger partial charge in [0.25, 0.3) is 0 Å². The highest BCUT2D eigenvalue weighted by molar-refractivity contribution is 5.88. The summed E-state index contributed by atoms with van der Waals surface area (Å²) in [5, 5.41) is 2.28. The van der Waals surface area contributed by atoms with Crippen molar-refractivity contribution in [3.63, 3.8) is 0 Å². The number of rotatable bonds is 3. The molecular weight excluding hydrogens is 320 g/mol. The van der Waals surface area contributed by atoms with Crippen molar-refractivity contribution in [2.45, 2.75) is 0 Å². The summed E-state index contributed by atoms with van der Waals surface area (Å²) in [6.07, 6.45) is 1.72. The van der Waals surface area contributed by atoms with Crippen molar-refractivity contribution in [2.24, 2.45) is 0 Å². The zero-order valence-corrected chi connectivity index (χ0v) is 14.2. The Kier molecular flexibility index (Phi) is 5.69. The van der Waals surface area contributed by atoms with E-state index in [1.54, 1.807) is 0 Å². The molecule has 4 aromatic rings. The van der Waals surface area contributed by atoms with Gasteiger partial charge in [-0.25, -0.2) is 0 Å². The van der Waals surface area contributed by atoms with E-state index in [9.17, 15) is 9.59 Å². The lowest BCUT2D eigenvalue weighted by Gasteiger charge is -2.00. The first kappa shape index (κ1) is 17.3. The fourth-order valence-corrected chi connectivity index (χ4v) is 2.67. The molecule has 0 amide bonds. The molecule has 0 fully saturated rings. The van der Waals surface area contributed by atoms with Crippen LogP contribution in [0.5, 0.6) is 0 Å². The minimum atomic E-state index is 0.713. The minimum absolute atomic E-state index is 0.713. The van der Waals surface area contributed by atoms with Crippen LogP contribution in [0.1, 0.15) is 20.7 Å². The predicted octanol–water partition coefficient (Wildman–Crippen LogP) is 5.82. The smallest absolute Gasteiger partial charge is 0.150 e. The zero-order chi connectivity index (χ0) is 18.2. The number of aldehydes is 2. The van der Waals surface area contributed by atoms with Gasteiger partial charge in [-0.05, 0) is 28.0 Å². The molecule has 0 N–H and O–H groups in total. The average molecular weight is 338 g/mol. The third-order valence-electron chi connectivity index (χ3n) is 4.06. The Hall–Kier alpha value is -3.52. The molecule has 0 saturated carbocycles. The monoisotopic (exact) mass is 338 g/mol. The van der Waals surface area contributed by atoms with Gasteiger partial charge in [-0.3, -0.25) is 9.59 Å². The van der Waals surface area contributed by atoms with Crippen molar-refractivity contribution >= 4 is 23.3 Å². The molecule has 0 aromatic heterocycles. The molecule has 0 bridgehead atoms. The lowest BCUT2D eigenvalue weighted by molar-refractivity contribution is 0.111. The lowest BCUT2D eigenvalue weighted by atomic mass is 10.0. The second-order valence-corrected chi connectivity index (χ2v) is 5.83. The van der Waals surface area contributed by atoms with Gasteiger partial charge in [-0.15, -0.1) is 0 Å². The summed E-state index contributed by atoms with van der Waals surface area (Å²) in [6.45, 7) is 0. The van der Waals surface area contributed by atoms with Crippen molar-refractivity contribution in [2.75, 3.05) is 0 Å². The molecular formula is C24H18O2. The molecule has 4 aromatic carbocycles. The van der Waals surface area contributed by atoms with Crippen LogP contribution in [0.25, 0.3) is 21.9 Å². The summed E-state index contributed by atoms with van der Waals surface area (Å²) in [5.41, 5.74) is 3.75. The Balaban J connectivity index is 0.000000152. The largest absolute Gasteiger partial charge is 0.298 e. The molecule has 0 radical (unpaired) electrons. The lowest BCUT2D eigenvalue weighted by Crippen LogP contribution is -1.80. The molecule has 0 aliphatic rings. The van der Waals surface area contributed by atoms with E-state index in [0.717, 1.165) is 29.1 Å². The van der Waals surface area contributed by atoms with Gasteiger partial charge in [-0.1, -0.05) is 91.0 Å². The fraction of sp³-hybridized carbons (Fsp3) is 0. The van der Waals surface area contributed by atoms with E-state index in [1.165, 1.54) is 10.9 Å². The van der Waals surface area contributed by atoms with Gasteiger partial charge in [0, 0.05) is 11.1 Å². The Morgan fingerprint density at radius 3 is 1.65 bits per heavy atom. The number of hydrogen-bond acceptors (Lipinski definition) is 2. The quantitative estimate of drug-likeness (QED) is 0.441. The van der Waals surface area contributed by atoms with Gasteiger partial charge in [0.05, 0.1) is 0 Å². The first-order valence-electron chi connectivity index (χ1n) is 8.35. The number of fused-ring (bicyclic) bond motifs is 1. The summed E-state index contributed by atoms with van der Waals surface area (Å²) >= 11 is 0. The van der Waals surface area contributed by atoms with E-state index in [1.807, 2.05) is 84.9 Å². The Bertz CT molecular complexity index is 1000. The number of carbonyl (C=O) groups is 2. The first-order valence-corrected chi connectivity index (χ1v) is 8.35. The third-order valence-corrected chi connectivity index (χ3v) is 4.06. The van der Waals surface area contributed by atoms with E-state index in [0.29, 0.717) is 5.56 Å². The second kappa shape index (κ2) is 8.54. The maximum absolute atomic E-state index is 10.5. The topological polar surface area (TPSA) is 34.1 Å². The van der Waals surface area contributed by atoms with Crippen molar-refractivity contribution in [3.8, 4) is 11.1 Å². The van der Waals surface area contributed by atoms with Crippen molar-refractivity contribution < 1.29 is 9.59 Å². The summed E-state index contributed by atoms with van der Waals surface area (Å²) < 4.78 is 0. The normalized spacial score (nSPS) is 9.85. The Morgan fingerprint density at radius 2 is 1.00 bits per heavy atom. The summed E-state index contributed by atoms with van der Waals surface area (Å²) in [6, 6.07) is 31.3. The molecule has 4 rings (SSSR count). The van der Waals surface area contributed by atoms with E-state index >= 15 is 0 Å². The summed E-state index contributed by atoms with van der Waals surface area (Å²) in [4.78, 5) is 20.9. The van der Waals surface area contributed by atoms with Crippen molar-refractivity contribution in [1.29, 1.82) is 0 Å². The molecule has 0 saturated heterocycles. The molecule has 0 aliphatic heterocycles. The van der Waals surface area contributed by atoms with Crippen LogP contribution in [-0.2, 0) is 0 Å². The van der Waals surface area contributed by atoms with Crippen LogP contribution in [0.15, 0.2) is 97.1 Å². The Labute approximate surface area is 152 Å². The molecule has 0 aliphatic carbocycles. The highest BCUT2D eigenvalue weighted by atomic mass is 16.1. The van der Waals surface area contributed by atoms with Crippen LogP contribution in [0.3, 0.4) is 0 Å². The molecule has 2 nitrogen and oxygen atoms in total. The van der Waals surface area contributed by atoms with Crippen LogP contribution in [0.4, 0.5) is 0 Å².